The van der Waals surface area contributed by atoms with E-state index < -0.39 is 6.10 Å². The van der Waals surface area contributed by atoms with Crippen molar-refractivity contribution in [1.29, 1.82) is 0 Å². The van der Waals surface area contributed by atoms with Crippen molar-refractivity contribution in [2.45, 2.75) is 316 Å². The predicted molar refractivity (Wildman–Crippen MR) is 261 cm³/mol. The summed E-state index contributed by atoms with van der Waals surface area (Å²) in [6.45, 7) is 9.03. The second-order valence-corrected chi connectivity index (χ2v) is 19.3. The zero-order chi connectivity index (χ0) is 44.5. The Morgan fingerprint density at radius 2 is 0.541 bits per heavy atom. The molecule has 0 fully saturated rings. The SMILES string of the molecule is CCCCCCCCCCCCCCCCCCC(=O)OC[C@H](COC(=O)CCCCCCCCCCCCCCCC)OC(=O)CCCCCCCCCCCCC(C)C. The van der Waals surface area contributed by atoms with Crippen LogP contribution in [0.5, 0.6) is 0 Å². The van der Waals surface area contributed by atoms with Crippen LogP contribution in [0.4, 0.5) is 0 Å². The van der Waals surface area contributed by atoms with Crippen LogP contribution in [0.1, 0.15) is 310 Å². The highest BCUT2D eigenvalue weighted by Gasteiger charge is 2.19. The zero-order valence-electron chi connectivity index (χ0n) is 41.6. The first-order valence-electron chi connectivity index (χ1n) is 27.4. The molecule has 0 spiro atoms. The minimum absolute atomic E-state index is 0.0625. The number of carbonyl (C=O) groups excluding carboxylic acids is 3. The Hall–Kier alpha value is -1.59. The molecule has 0 rings (SSSR count). The monoisotopic (exact) mass is 863 g/mol. The summed E-state index contributed by atoms with van der Waals surface area (Å²) in [5, 5.41) is 0. The van der Waals surface area contributed by atoms with Gasteiger partial charge < -0.3 is 14.2 Å². The summed E-state index contributed by atoms with van der Waals surface area (Å²) in [6.07, 6.45) is 52.3. The second kappa shape index (κ2) is 49.4. The lowest BCUT2D eigenvalue weighted by atomic mass is 10.0. The Bertz CT molecular complexity index is 918. The minimum Gasteiger partial charge on any atom is -0.462 e. The molecule has 0 aromatic heterocycles. The first kappa shape index (κ1) is 59.4. The van der Waals surface area contributed by atoms with E-state index in [4.69, 9.17) is 14.2 Å². The van der Waals surface area contributed by atoms with E-state index in [0.717, 1.165) is 63.7 Å². The van der Waals surface area contributed by atoms with Gasteiger partial charge in [-0.15, -0.1) is 0 Å². The zero-order valence-corrected chi connectivity index (χ0v) is 41.6. The van der Waals surface area contributed by atoms with Crippen LogP contribution >= 0.6 is 0 Å². The van der Waals surface area contributed by atoms with E-state index in [1.54, 1.807) is 0 Å². The summed E-state index contributed by atoms with van der Waals surface area (Å²) in [7, 11) is 0. The third-order valence-corrected chi connectivity index (χ3v) is 12.5. The molecule has 0 saturated heterocycles. The first-order valence-corrected chi connectivity index (χ1v) is 27.4. The number of unbranched alkanes of at least 4 members (excludes halogenated alkanes) is 37. The van der Waals surface area contributed by atoms with Crippen molar-refractivity contribution in [3.8, 4) is 0 Å². The lowest BCUT2D eigenvalue weighted by Crippen LogP contribution is -2.30. The van der Waals surface area contributed by atoms with E-state index in [1.807, 2.05) is 0 Å². The summed E-state index contributed by atoms with van der Waals surface area (Å²) < 4.78 is 16.8. The van der Waals surface area contributed by atoms with E-state index in [9.17, 15) is 14.4 Å². The van der Waals surface area contributed by atoms with Crippen molar-refractivity contribution in [3.05, 3.63) is 0 Å². The molecule has 362 valence electrons. The summed E-state index contributed by atoms with van der Waals surface area (Å²) in [4.78, 5) is 38.0. The highest BCUT2D eigenvalue weighted by Crippen LogP contribution is 2.17. The first-order chi connectivity index (χ1) is 29.9. The van der Waals surface area contributed by atoms with Gasteiger partial charge in [0, 0.05) is 19.3 Å². The number of rotatable bonds is 50. The molecular formula is C55H106O6. The maximum absolute atomic E-state index is 12.8. The minimum atomic E-state index is -0.761. The Morgan fingerprint density at radius 3 is 0.803 bits per heavy atom. The van der Waals surface area contributed by atoms with Gasteiger partial charge in [-0.3, -0.25) is 14.4 Å². The fraction of sp³-hybridized carbons (Fsp3) is 0.945. The maximum atomic E-state index is 12.8. The highest BCUT2D eigenvalue weighted by molar-refractivity contribution is 5.71. The molecule has 0 aliphatic rings. The lowest BCUT2D eigenvalue weighted by molar-refractivity contribution is -0.167. The van der Waals surface area contributed by atoms with Gasteiger partial charge in [-0.1, -0.05) is 272 Å². The summed E-state index contributed by atoms with van der Waals surface area (Å²) in [5.41, 5.74) is 0. The van der Waals surface area contributed by atoms with E-state index in [2.05, 4.69) is 27.7 Å². The van der Waals surface area contributed by atoms with Crippen LogP contribution in [-0.2, 0) is 28.6 Å². The quantitative estimate of drug-likeness (QED) is 0.0344. The molecule has 0 heterocycles. The Labute approximate surface area is 380 Å². The Kier molecular flexibility index (Phi) is 48.1. The standard InChI is InChI=1S/C55H106O6/c1-5-7-9-11-13-15-17-19-21-22-24-26-31-35-39-43-47-54(57)60-50-52(61-55(58)48-44-40-36-32-28-27-29-33-37-41-45-51(3)4)49-59-53(56)46-42-38-34-30-25-23-20-18-16-14-12-10-8-6-2/h51-52H,5-50H2,1-4H3/t52-/m0/s1. The molecule has 0 aliphatic carbocycles. The summed E-state index contributed by atoms with van der Waals surface area (Å²) in [5.74, 6) is -0.0240. The lowest BCUT2D eigenvalue weighted by Gasteiger charge is -2.18. The molecule has 0 amide bonds. The third kappa shape index (κ3) is 49.3. The van der Waals surface area contributed by atoms with Gasteiger partial charge in [-0.05, 0) is 25.2 Å². The normalized spacial score (nSPS) is 12.0. The van der Waals surface area contributed by atoms with Crippen molar-refractivity contribution >= 4 is 17.9 Å². The van der Waals surface area contributed by atoms with E-state index in [0.29, 0.717) is 19.3 Å². The average molecular weight is 863 g/mol. The van der Waals surface area contributed by atoms with Gasteiger partial charge in [0.2, 0.25) is 0 Å². The number of carbonyl (C=O) groups is 3. The molecule has 0 saturated carbocycles. The van der Waals surface area contributed by atoms with Crippen molar-refractivity contribution in [3.63, 3.8) is 0 Å². The molecule has 0 aromatic carbocycles. The molecule has 61 heavy (non-hydrogen) atoms. The van der Waals surface area contributed by atoms with E-state index in [-0.39, 0.29) is 31.1 Å². The van der Waals surface area contributed by atoms with Crippen molar-refractivity contribution < 1.29 is 28.6 Å². The van der Waals surface area contributed by atoms with Crippen molar-refractivity contribution in [2.24, 2.45) is 5.92 Å². The smallest absolute Gasteiger partial charge is 0.306 e. The second-order valence-electron chi connectivity index (χ2n) is 19.3. The Balaban J connectivity index is 4.29. The van der Waals surface area contributed by atoms with Crippen LogP contribution in [0.3, 0.4) is 0 Å². The highest BCUT2D eigenvalue weighted by atomic mass is 16.6. The summed E-state index contributed by atoms with van der Waals surface area (Å²) in [6, 6.07) is 0. The third-order valence-electron chi connectivity index (χ3n) is 12.5. The van der Waals surface area contributed by atoms with Gasteiger partial charge >= 0.3 is 17.9 Å². The topological polar surface area (TPSA) is 78.9 Å². The Morgan fingerprint density at radius 1 is 0.311 bits per heavy atom. The molecule has 0 aromatic rings. The molecule has 1 atom stereocenters. The molecule has 6 heteroatoms. The molecule has 0 radical (unpaired) electrons. The van der Waals surface area contributed by atoms with Gasteiger partial charge in [0.05, 0.1) is 0 Å². The largest absolute Gasteiger partial charge is 0.462 e. The number of ether oxygens (including phenoxy) is 3. The van der Waals surface area contributed by atoms with Crippen LogP contribution in [0, 0.1) is 5.92 Å². The fourth-order valence-corrected chi connectivity index (χ4v) is 8.39. The van der Waals surface area contributed by atoms with Gasteiger partial charge in [-0.2, -0.15) is 0 Å². The van der Waals surface area contributed by atoms with Gasteiger partial charge in [0.1, 0.15) is 13.2 Å². The fourth-order valence-electron chi connectivity index (χ4n) is 8.39. The maximum Gasteiger partial charge on any atom is 0.306 e. The van der Waals surface area contributed by atoms with Crippen LogP contribution in [-0.4, -0.2) is 37.2 Å². The molecule has 0 aliphatic heterocycles. The average Bonchev–Trinajstić information content (AvgIpc) is 3.24. The van der Waals surface area contributed by atoms with Crippen LogP contribution in [0.25, 0.3) is 0 Å². The van der Waals surface area contributed by atoms with Crippen LogP contribution in [0.2, 0.25) is 0 Å². The van der Waals surface area contributed by atoms with Gasteiger partial charge in [0.15, 0.2) is 6.10 Å². The number of hydrogen-bond acceptors (Lipinski definition) is 6. The molecular weight excluding hydrogens is 757 g/mol. The summed E-state index contributed by atoms with van der Waals surface area (Å²) >= 11 is 0. The predicted octanol–water partition coefficient (Wildman–Crippen LogP) is 17.8. The molecule has 0 bridgehead atoms. The molecule has 0 N–H and O–H groups in total. The van der Waals surface area contributed by atoms with Gasteiger partial charge in [-0.25, -0.2) is 0 Å². The number of hydrogen-bond donors (Lipinski definition) is 0. The van der Waals surface area contributed by atoms with Crippen molar-refractivity contribution in [1.82, 2.24) is 0 Å². The molecule has 6 nitrogen and oxygen atoms in total. The van der Waals surface area contributed by atoms with Crippen molar-refractivity contribution in [2.75, 3.05) is 13.2 Å². The molecule has 0 unspecified atom stereocenters. The number of esters is 3. The van der Waals surface area contributed by atoms with E-state index >= 15 is 0 Å². The van der Waals surface area contributed by atoms with Crippen LogP contribution < -0.4 is 0 Å². The van der Waals surface area contributed by atoms with E-state index in [1.165, 1.54) is 205 Å². The van der Waals surface area contributed by atoms with Crippen LogP contribution in [0.15, 0.2) is 0 Å². The van der Waals surface area contributed by atoms with Gasteiger partial charge in [0.25, 0.3) is 0 Å².